The molecule has 0 radical (unpaired) electrons. The highest BCUT2D eigenvalue weighted by molar-refractivity contribution is 5.44. The van der Waals surface area contributed by atoms with Crippen LogP contribution in [0, 0.1) is 0 Å². The van der Waals surface area contributed by atoms with Crippen molar-refractivity contribution < 1.29 is 14.6 Å². The van der Waals surface area contributed by atoms with E-state index < -0.39 is 0 Å². The Morgan fingerprint density at radius 2 is 2.05 bits per heavy atom. The topological polar surface area (TPSA) is 41.9 Å². The van der Waals surface area contributed by atoms with Gasteiger partial charge in [0.1, 0.15) is 17.1 Å². The second kappa shape index (κ2) is 5.18. The lowest BCUT2D eigenvalue weighted by atomic mass is 9.87. The normalized spacial score (nSPS) is 32.3. The number of hydrogen-bond acceptors (Lipinski definition) is 4. The first-order valence-electron chi connectivity index (χ1n) is 7.75. The van der Waals surface area contributed by atoms with Gasteiger partial charge in [-0.15, -0.1) is 0 Å². The predicted octanol–water partition coefficient (Wildman–Crippen LogP) is 3.10. The van der Waals surface area contributed by atoms with Crippen LogP contribution in [0.25, 0.3) is 0 Å². The lowest BCUT2D eigenvalue weighted by Crippen LogP contribution is -2.51. The number of morpholine rings is 1. The minimum absolute atomic E-state index is 0.229. The van der Waals surface area contributed by atoms with Gasteiger partial charge >= 0.3 is 0 Å². The van der Waals surface area contributed by atoms with Crippen molar-refractivity contribution in [1.29, 1.82) is 0 Å². The molecule has 3 unspecified atom stereocenters. The number of hydrogen-bond donors (Lipinski definition) is 1. The average molecular weight is 291 g/mol. The van der Waals surface area contributed by atoms with E-state index in [0.29, 0.717) is 12.1 Å². The van der Waals surface area contributed by atoms with E-state index in [-0.39, 0.29) is 17.5 Å². The fourth-order valence-electron chi connectivity index (χ4n) is 3.46. The standard InChI is InChI=1S/C17H25NO3/c1-11-10-20-12(2)9-18(11)15-8-17(3,4)21-16-7-13(19)5-6-14(15)16/h5-7,11-12,15,19H,8-10H2,1-4H3. The molecule has 0 spiro atoms. The smallest absolute Gasteiger partial charge is 0.128 e. The second-order valence-electron chi connectivity index (χ2n) is 6.99. The van der Waals surface area contributed by atoms with E-state index in [1.807, 2.05) is 6.07 Å². The number of phenols is 1. The first kappa shape index (κ1) is 14.7. The fraction of sp³-hybridized carbons (Fsp3) is 0.647. The number of benzene rings is 1. The zero-order chi connectivity index (χ0) is 15.2. The van der Waals surface area contributed by atoms with E-state index in [1.165, 1.54) is 5.56 Å². The molecule has 3 rings (SSSR count). The van der Waals surface area contributed by atoms with Gasteiger partial charge in [0.2, 0.25) is 0 Å². The van der Waals surface area contributed by atoms with Crippen LogP contribution in [0.1, 0.15) is 45.7 Å². The Labute approximate surface area is 126 Å². The van der Waals surface area contributed by atoms with E-state index in [9.17, 15) is 5.11 Å². The number of phenolic OH excluding ortho intramolecular Hbond substituents is 1. The zero-order valence-electron chi connectivity index (χ0n) is 13.3. The maximum absolute atomic E-state index is 9.74. The third-order valence-electron chi connectivity index (χ3n) is 4.48. The van der Waals surface area contributed by atoms with Crippen LogP contribution in [-0.4, -0.2) is 40.9 Å². The van der Waals surface area contributed by atoms with Crippen molar-refractivity contribution in [2.75, 3.05) is 13.2 Å². The summed E-state index contributed by atoms with van der Waals surface area (Å²) in [5.41, 5.74) is 0.945. The molecule has 1 saturated heterocycles. The van der Waals surface area contributed by atoms with Crippen molar-refractivity contribution in [1.82, 2.24) is 4.90 Å². The molecule has 4 heteroatoms. The van der Waals surface area contributed by atoms with Gasteiger partial charge in [0.25, 0.3) is 0 Å². The lowest BCUT2D eigenvalue weighted by molar-refractivity contribution is -0.0831. The first-order valence-corrected chi connectivity index (χ1v) is 7.75. The average Bonchev–Trinajstić information content (AvgIpc) is 2.39. The minimum Gasteiger partial charge on any atom is -0.508 e. The SMILES string of the molecule is CC1CN(C2CC(C)(C)Oc3cc(O)ccc32)C(C)CO1. The molecule has 1 fully saturated rings. The molecule has 2 aliphatic rings. The Hall–Kier alpha value is -1.26. The summed E-state index contributed by atoms with van der Waals surface area (Å²) >= 11 is 0. The quantitative estimate of drug-likeness (QED) is 0.863. The van der Waals surface area contributed by atoms with Crippen LogP contribution in [0.5, 0.6) is 11.5 Å². The molecule has 0 amide bonds. The van der Waals surface area contributed by atoms with Crippen LogP contribution < -0.4 is 4.74 Å². The summed E-state index contributed by atoms with van der Waals surface area (Å²) in [6.07, 6.45) is 1.20. The van der Waals surface area contributed by atoms with E-state index in [0.717, 1.165) is 25.3 Å². The van der Waals surface area contributed by atoms with Crippen LogP contribution in [0.4, 0.5) is 0 Å². The highest BCUT2D eigenvalue weighted by Crippen LogP contribution is 2.44. The predicted molar refractivity (Wildman–Crippen MR) is 81.8 cm³/mol. The number of nitrogens with zero attached hydrogens (tertiary/aromatic N) is 1. The third kappa shape index (κ3) is 2.87. The van der Waals surface area contributed by atoms with E-state index in [1.54, 1.807) is 12.1 Å². The Kier molecular flexibility index (Phi) is 3.62. The number of ether oxygens (including phenoxy) is 2. The summed E-state index contributed by atoms with van der Waals surface area (Å²) in [5, 5.41) is 9.74. The van der Waals surface area contributed by atoms with Crippen LogP contribution in [0.2, 0.25) is 0 Å². The largest absolute Gasteiger partial charge is 0.508 e. The van der Waals surface area contributed by atoms with Crippen molar-refractivity contribution in [2.45, 2.75) is 57.9 Å². The van der Waals surface area contributed by atoms with Crippen LogP contribution in [-0.2, 0) is 4.74 Å². The first-order chi connectivity index (χ1) is 9.85. The lowest BCUT2D eigenvalue weighted by Gasteiger charge is -2.47. The van der Waals surface area contributed by atoms with Gasteiger partial charge in [-0.05, 0) is 33.8 Å². The molecular weight excluding hydrogens is 266 g/mol. The Bertz CT molecular complexity index is 529. The van der Waals surface area contributed by atoms with Crippen molar-refractivity contribution >= 4 is 0 Å². The number of rotatable bonds is 1. The van der Waals surface area contributed by atoms with Crippen LogP contribution >= 0.6 is 0 Å². The Morgan fingerprint density at radius 1 is 1.29 bits per heavy atom. The van der Waals surface area contributed by atoms with Crippen LogP contribution in [0.15, 0.2) is 18.2 Å². The molecular formula is C17H25NO3. The Morgan fingerprint density at radius 3 is 2.81 bits per heavy atom. The Balaban J connectivity index is 1.98. The molecule has 1 aromatic carbocycles. The third-order valence-corrected chi connectivity index (χ3v) is 4.48. The van der Waals surface area contributed by atoms with Gasteiger partial charge in [0, 0.05) is 36.7 Å². The van der Waals surface area contributed by atoms with Crippen molar-refractivity contribution in [3.8, 4) is 11.5 Å². The van der Waals surface area contributed by atoms with Gasteiger partial charge in [-0.25, -0.2) is 0 Å². The molecule has 2 aliphatic heterocycles. The molecule has 0 aromatic heterocycles. The molecule has 0 aliphatic carbocycles. The van der Waals surface area contributed by atoms with Gasteiger partial charge in [-0.1, -0.05) is 6.07 Å². The summed E-state index contributed by atoms with van der Waals surface area (Å²) in [6.45, 7) is 10.3. The monoisotopic (exact) mass is 291 g/mol. The molecule has 4 nitrogen and oxygen atoms in total. The van der Waals surface area contributed by atoms with Gasteiger partial charge in [0.15, 0.2) is 0 Å². The molecule has 21 heavy (non-hydrogen) atoms. The number of aromatic hydroxyl groups is 1. The van der Waals surface area contributed by atoms with Gasteiger partial charge in [-0.2, -0.15) is 0 Å². The highest BCUT2D eigenvalue weighted by Gasteiger charge is 2.40. The summed E-state index contributed by atoms with van der Waals surface area (Å²) in [4.78, 5) is 2.52. The molecule has 2 heterocycles. The second-order valence-corrected chi connectivity index (χ2v) is 6.99. The minimum atomic E-state index is -0.229. The molecule has 1 N–H and O–H groups in total. The summed E-state index contributed by atoms with van der Waals surface area (Å²) < 4.78 is 11.8. The summed E-state index contributed by atoms with van der Waals surface area (Å²) in [6, 6.07) is 6.18. The molecule has 1 aromatic rings. The van der Waals surface area contributed by atoms with Crippen molar-refractivity contribution in [3.05, 3.63) is 23.8 Å². The highest BCUT2D eigenvalue weighted by atomic mass is 16.5. The molecule has 0 bridgehead atoms. The molecule has 0 saturated carbocycles. The zero-order valence-corrected chi connectivity index (χ0v) is 13.3. The van der Waals surface area contributed by atoms with Crippen LogP contribution in [0.3, 0.4) is 0 Å². The van der Waals surface area contributed by atoms with E-state index >= 15 is 0 Å². The number of fused-ring (bicyclic) bond motifs is 1. The van der Waals surface area contributed by atoms with Gasteiger partial charge < -0.3 is 14.6 Å². The summed E-state index contributed by atoms with van der Waals surface area (Å²) in [5.74, 6) is 1.07. The molecule has 116 valence electrons. The fourth-order valence-corrected chi connectivity index (χ4v) is 3.46. The van der Waals surface area contributed by atoms with Gasteiger partial charge in [-0.3, -0.25) is 4.90 Å². The maximum atomic E-state index is 9.74. The van der Waals surface area contributed by atoms with Crippen molar-refractivity contribution in [2.24, 2.45) is 0 Å². The molecule has 3 atom stereocenters. The van der Waals surface area contributed by atoms with Crippen molar-refractivity contribution in [3.63, 3.8) is 0 Å². The van der Waals surface area contributed by atoms with Gasteiger partial charge in [0.05, 0.1) is 12.7 Å². The maximum Gasteiger partial charge on any atom is 0.128 e. The van der Waals surface area contributed by atoms with E-state index in [2.05, 4.69) is 32.6 Å². The summed E-state index contributed by atoms with van der Waals surface area (Å²) in [7, 11) is 0. The van der Waals surface area contributed by atoms with E-state index in [4.69, 9.17) is 9.47 Å².